The molecule has 8 heteroatoms. The number of ether oxygens (including phenoxy) is 1. The Morgan fingerprint density at radius 2 is 2.00 bits per heavy atom. The van der Waals surface area contributed by atoms with Gasteiger partial charge in [0.15, 0.2) is 0 Å². The van der Waals surface area contributed by atoms with E-state index in [0.717, 1.165) is 62.1 Å². The van der Waals surface area contributed by atoms with Gasteiger partial charge in [-0.1, -0.05) is 38.6 Å². The van der Waals surface area contributed by atoms with E-state index < -0.39 is 0 Å². The number of likely N-dealkylation sites (N-methyl/N-ethyl adjacent to an activating group) is 1. The quantitative estimate of drug-likeness (QED) is 0.602. The van der Waals surface area contributed by atoms with E-state index in [0.29, 0.717) is 37.2 Å². The number of carbonyl (C=O) groups is 1. The number of amides is 1. The molecule has 0 radical (unpaired) electrons. The zero-order chi connectivity index (χ0) is 27.9. The topological polar surface area (TPSA) is 51.3 Å². The highest BCUT2D eigenvalue weighted by molar-refractivity contribution is 5.82. The first-order valence-electron chi connectivity index (χ1n) is 14.3. The molecule has 5 rings (SSSR count). The summed E-state index contributed by atoms with van der Waals surface area (Å²) in [6.07, 6.45) is 2.51. The summed E-state index contributed by atoms with van der Waals surface area (Å²) in [5.41, 5.74) is 4.23. The first-order valence-corrected chi connectivity index (χ1v) is 14.3. The fraction of sp³-hybridized carbons (Fsp3) is 0.581. The van der Waals surface area contributed by atoms with Crippen molar-refractivity contribution in [2.24, 2.45) is 5.41 Å². The molecule has 0 bridgehead atoms. The van der Waals surface area contributed by atoms with E-state index in [2.05, 4.69) is 60.4 Å². The van der Waals surface area contributed by atoms with Gasteiger partial charge in [0.1, 0.15) is 5.82 Å². The van der Waals surface area contributed by atoms with Crippen molar-refractivity contribution >= 4 is 5.91 Å². The van der Waals surface area contributed by atoms with Gasteiger partial charge in [-0.25, -0.2) is 4.39 Å². The molecule has 0 aromatic heterocycles. The van der Waals surface area contributed by atoms with Crippen LogP contribution < -0.4 is 5.32 Å². The van der Waals surface area contributed by atoms with Gasteiger partial charge in [0.2, 0.25) is 5.91 Å². The van der Waals surface area contributed by atoms with Crippen LogP contribution in [0.25, 0.3) is 0 Å². The van der Waals surface area contributed by atoms with E-state index in [9.17, 15) is 9.18 Å². The Morgan fingerprint density at radius 3 is 2.74 bits per heavy atom. The Bertz CT molecular complexity index is 1180. The SMILES string of the molecule is C=C1C(Cc2ccccc2F)=CC2=C(N1C)C(C)(C)CN2C(=O)CN1C[C@@H](C)NC[C@@H]1CN1CCOC[C@H]1C. The van der Waals surface area contributed by atoms with Gasteiger partial charge in [0, 0.05) is 81.1 Å². The van der Waals surface area contributed by atoms with Gasteiger partial charge in [0.25, 0.3) is 0 Å². The fourth-order valence-electron chi connectivity index (χ4n) is 6.59. The highest BCUT2D eigenvalue weighted by Gasteiger charge is 2.44. The number of morpholine rings is 1. The fourth-order valence-corrected chi connectivity index (χ4v) is 6.59. The summed E-state index contributed by atoms with van der Waals surface area (Å²) >= 11 is 0. The summed E-state index contributed by atoms with van der Waals surface area (Å²) in [5.74, 6) is -0.105. The molecule has 1 amide bonds. The van der Waals surface area contributed by atoms with E-state index in [1.54, 1.807) is 6.07 Å². The lowest BCUT2D eigenvalue weighted by Crippen LogP contribution is -2.62. The number of benzene rings is 1. The summed E-state index contributed by atoms with van der Waals surface area (Å²) in [7, 11) is 2.01. The summed E-state index contributed by atoms with van der Waals surface area (Å²) in [5, 5.41) is 3.62. The molecule has 1 aromatic carbocycles. The molecule has 0 saturated carbocycles. The zero-order valence-electron chi connectivity index (χ0n) is 24.2. The van der Waals surface area contributed by atoms with Crippen LogP contribution in [-0.2, 0) is 16.0 Å². The lowest BCUT2D eigenvalue weighted by Gasteiger charge is -2.43. The average Bonchev–Trinajstić information content (AvgIpc) is 3.16. The van der Waals surface area contributed by atoms with Crippen molar-refractivity contribution in [3.8, 4) is 0 Å². The second kappa shape index (κ2) is 11.2. The van der Waals surface area contributed by atoms with E-state index in [1.165, 1.54) is 6.07 Å². The van der Waals surface area contributed by atoms with Gasteiger partial charge < -0.3 is 19.9 Å². The molecule has 212 valence electrons. The molecule has 0 unspecified atom stereocenters. The monoisotopic (exact) mass is 537 g/mol. The predicted octanol–water partition coefficient (Wildman–Crippen LogP) is 3.22. The number of piperazine rings is 1. The molecular formula is C31H44FN5O2. The normalized spacial score (nSPS) is 28.1. The van der Waals surface area contributed by atoms with Gasteiger partial charge in [0.05, 0.1) is 25.5 Å². The summed E-state index contributed by atoms with van der Waals surface area (Å²) in [6.45, 7) is 19.2. The van der Waals surface area contributed by atoms with Crippen LogP contribution in [0.15, 0.2) is 59.6 Å². The molecule has 0 aliphatic carbocycles. The smallest absolute Gasteiger partial charge is 0.241 e. The van der Waals surface area contributed by atoms with E-state index in [4.69, 9.17) is 4.74 Å². The third-order valence-corrected chi connectivity index (χ3v) is 8.81. The summed E-state index contributed by atoms with van der Waals surface area (Å²) in [6, 6.07) is 7.85. The van der Waals surface area contributed by atoms with Crippen LogP contribution in [0.4, 0.5) is 4.39 Å². The summed E-state index contributed by atoms with van der Waals surface area (Å²) < 4.78 is 20.2. The van der Waals surface area contributed by atoms with Gasteiger partial charge >= 0.3 is 0 Å². The second-order valence-corrected chi connectivity index (χ2v) is 12.4. The van der Waals surface area contributed by atoms with Crippen molar-refractivity contribution in [3.05, 3.63) is 71.0 Å². The van der Waals surface area contributed by atoms with Gasteiger partial charge in [-0.05, 0) is 37.1 Å². The van der Waals surface area contributed by atoms with E-state index in [-0.39, 0.29) is 23.2 Å². The second-order valence-electron chi connectivity index (χ2n) is 12.4. The van der Waals surface area contributed by atoms with Crippen molar-refractivity contribution < 1.29 is 13.9 Å². The predicted molar refractivity (Wildman–Crippen MR) is 152 cm³/mol. The van der Waals surface area contributed by atoms with Crippen LogP contribution >= 0.6 is 0 Å². The standard InChI is InChI=1S/C31H44FN5O2/c1-21-16-36(26(15-33-21)17-35-11-12-39-19-22(35)2)18-29(38)37-20-31(4,5)30-28(37)14-25(23(3)34(30)6)13-24-9-7-8-10-27(24)32/h7-10,14,21-22,26,33H,3,11-13,15-20H2,1-2,4-6H3/t21-,22-,26-/m1/s1. The molecule has 39 heavy (non-hydrogen) atoms. The number of hydrogen-bond donors (Lipinski definition) is 1. The van der Waals surface area contributed by atoms with Gasteiger partial charge in [-0.2, -0.15) is 0 Å². The van der Waals surface area contributed by atoms with Crippen LogP contribution in [0.5, 0.6) is 0 Å². The van der Waals surface area contributed by atoms with Crippen LogP contribution in [0.1, 0.15) is 33.3 Å². The molecular weight excluding hydrogens is 493 g/mol. The maximum absolute atomic E-state index is 14.5. The molecule has 7 nitrogen and oxygen atoms in total. The lowest BCUT2D eigenvalue weighted by atomic mass is 9.87. The molecule has 2 fully saturated rings. The average molecular weight is 538 g/mol. The number of hydrogen-bond acceptors (Lipinski definition) is 6. The number of halogens is 1. The van der Waals surface area contributed by atoms with Crippen molar-refractivity contribution in [3.63, 3.8) is 0 Å². The van der Waals surface area contributed by atoms with Crippen molar-refractivity contribution in [1.82, 2.24) is 24.9 Å². The largest absolute Gasteiger partial charge is 0.379 e. The van der Waals surface area contributed by atoms with Crippen LogP contribution in [-0.4, -0.2) is 103 Å². The van der Waals surface area contributed by atoms with Crippen molar-refractivity contribution in [2.75, 3.05) is 59.5 Å². The molecule has 4 aliphatic heterocycles. The van der Waals surface area contributed by atoms with Crippen LogP contribution in [0.3, 0.4) is 0 Å². The molecule has 4 heterocycles. The molecule has 0 spiro atoms. The minimum atomic E-state index is -0.221. The third-order valence-electron chi connectivity index (χ3n) is 8.81. The zero-order valence-corrected chi connectivity index (χ0v) is 24.2. The molecule has 4 aliphatic rings. The van der Waals surface area contributed by atoms with Gasteiger partial charge in [-0.15, -0.1) is 0 Å². The number of carbonyl (C=O) groups excluding carboxylic acids is 1. The number of allylic oxidation sites excluding steroid dienone is 2. The Kier molecular flexibility index (Phi) is 8.02. The maximum atomic E-state index is 14.5. The number of nitrogens with zero attached hydrogens (tertiary/aromatic N) is 4. The molecule has 2 saturated heterocycles. The van der Waals surface area contributed by atoms with E-state index in [1.807, 2.05) is 24.1 Å². The first kappa shape index (κ1) is 28.0. The first-order chi connectivity index (χ1) is 18.5. The third kappa shape index (κ3) is 5.71. The Morgan fingerprint density at radius 1 is 1.23 bits per heavy atom. The van der Waals surface area contributed by atoms with Gasteiger partial charge in [-0.3, -0.25) is 14.6 Å². The molecule has 1 aromatic rings. The Balaban J connectivity index is 1.38. The highest BCUT2D eigenvalue weighted by atomic mass is 19.1. The minimum absolute atomic E-state index is 0.115. The van der Waals surface area contributed by atoms with Crippen molar-refractivity contribution in [1.29, 1.82) is 0 Å². The lowest BCUT2D eigenvalue weighted by molar-refractivity contribution is -0.131. The summed E-state index contributed by atoms with van der Waals surface area (Å²) in [4.78, 5) is 23.0. The minimum Gasteiger partial charge on any atom is -0.379 e. The maximum Gasteiger partial charge on any atom is 0.241 e. The highest BCUT2D eigenvalue weighted by Crippen LogP contribution is 2.46. The molecule has 3 atom stereocenters. The number of nitrogens with one attached hydrogen (secondary N) is 1. The van der Waals surface area contributed by atoms with Crippen LogP contribution in [0.2, 0.25) is 0 Å². The Labute approximate surface area is 232 Å². The van der Waals surface area contributed by atoms with E-state index >= 15 is 0 Å². The van der Waals surface area contributed by atoms with Crippen molar-refractivity contribution in [2.45, 2.75) is 52.2 Å². The number of rotatable bonds is 6. The van der Waals surface area contributed by atoms with Crippen LogP contribution in [0, 0.1) is 11.2 Å². The Hall–Kier alpha value is -2.52. The molecule has 1 N–H and O–H groups in total.